The molecule has 0 aliphatic carbocycles. The van der Waals surface area contributed by atoms with Crippen molar-refractivity contribution in [3.8, 4) is 22.9 Å². The predicted molar refractivity (Wildman–Crippen MR) is 125 cm³/mol. The van der Waals surface area contributed by atoms with Crippen molar-refractivity contribution in [3.63, 3.8) is 0 Å². The second-order valence-electron chi connectivity index (χ2n) is 6.60. The fourth-order valence-corrected chi connectivity index (χ4v) is 3.33. The molecule has 0 aliphatic rings. The molecule has 0 unspecified atom stereocenters. The van der Waals surface area contributed by atoms with E-state index in [1.165, 1.54) is 0 Å². The van der Waals surface area contributed by atoms with Crippen LogP contribution in [0, 0.1) is 4.77 Å². The van der Waals surface area contributed by atoms with Crippen molar-refractivity contribution < 1.29 is 9.47 Å². The second kappa shape index (κ2) is 9.59. The average Bonchev–Trinajstić information content (AvgIpc) is 3.17. The molecule has 4 aromatic rings. The van der Waals surface area contributed by atoms with Gasteiger partial charge >= 0.3 is 0 Å². The molecule has 0 saturated carbocycles. The SMILES string of the molecule is COc1cc(/C=N\n2c(-c3cccc(Cl)c3)n[nH]c2=S)ccc1OCc1ccccc1. The zero-order valence-corrected chi connectivity index (χ0v) is 18.2. The van der Waals surface area contributed by atoms with Crippen LogP contribution in [-0.4, -0.2) is 28.2 Å². The highest BCUT2D eigenvalue weighted by Gasteiger charge is 2.09. The third-order valence-corrected chi connectivity index (χ3v) is 4.98. The first-order valence-electron chi connectivity index (χ1n) is 9.46. The van der Waals surface area contributed by atoms with Crippen molar-refractivity contribution in [1.82, 2.24) is 14.9 Å². The van der Waals surface area contributed by atoms with E-state index in [9.17, 15) is 0 Å². The first-order chi connectivity index (χ1) is 15.1. The lowest BCUT2D eigenvalue weighted by atomic mass is 10.2. The third-order valence-electron chi connectivity index (χ3n) is 4.48. The molecule has 6 nitrogen and oxygen atoms in total. The number of nitrogens with one attached hydrogen (secondary N) is 1. The maximum Gasteiger partial charge on any atom is 0.216 e. The van der Waals surface area contributed by atoms with Gasteiger partial charge in [0.25, 0.3) is 0 Å². The van der Waals surface area contributed by atoms with Crippen LogP contribution in [0.5, 0.6) is 11.5 Å². The molecule has 0 spiro atoms. The lowest BCUT2D eigenvalue weighted by Gasteiger charge is -2.11. The summed E-state index contributed by atoms with van der Waals surface area (Å²) in [5.74, 6) is 1.84. The summed E-state index contributed by atoms with van der Waals surface area (Å²) in [7, 11) is 1.61. The largest absolute Gasteiger partial charge is 0.493 e. The van der Waals surface area contributed by atoms with Gasteiger partial charge in [-0.1, -0.05) is 54.1 Å². The van der Waals surface area contributed by atoms with Crippen molar-refractivity contribution >= 4 is 30.0 Å². The van der Waals surface area contributed by atoms with Crippen molar-refractivity contribution in [2.75, 3.05) is 7.11 Å². The summed E-state index contributed by atoms with van der Waals surface area (Å²) in [4.78, 5) is 0. The number of methoxy groups -OCH3 is 1. The molecule has 1 heterocycles. The van der Waals surface area contributed by atoms with E-state index < -0.39 is 0 Å². The Balaban J connectivity index is 1.56. The van der Waals surface area contributed by atoms with Crippen LogP contribution in [0.2, 0.25) is 5.02 Å². The smallest absolute Gasteiger partial charge is 0.216 e. The van der Waals surface area contributed by atoms with E-state index in [2.05, 4.69) is 15.3 Å². The molecule has 1 aromatic heterocycles. The maximum absolute atomic E-state index is 6.10. The van der Waals surface area contributed by atoms with Crippen molar-refractivity contribution in [2.24, 2.45) is 5.10 Å². The fourth-order valence-electron chi connectivity index (χ4n) is 2.96. The van der Waals surface area contributed by atoms with E-state index in [0.29, 0.717) is 33.7 Å². The van der Waals surface area contributed by atoms with E-state index in [1.807, 2.05) is 60.7 Å². The zero-order chi connectivity index (χ0) is 21.6. The Bertz CT molecular complexity index is 1270. The van der Waals surface area contributed by atoms with E-state index in [4.69, 9.17) is 33.3 Å². The first kappa shape index (κ1) is 20.8. The highest BCUT2D eigenvalue weighted by molar-refractivity contribution is 7.71. The number of ether oxygens (including phenoxy) is 2. The van der Waals surface area contributed by atoms with Gasteiger partial charge in [-0.2, -0.15) is 14.9 Å². The molecule has 0 radical (unpaired) electrons. The van der Waals surface area contributed by atoms with Crippen molar-refractivity contribution in [1.29, 1.82) is 0 Å². The van der Waals surface area contributed by atoms with Gasteiger partial charge in [-0.25, -0.2) is 5.10 Å². The highest BCUT2D eigenvalue weighted by Crippen LogP contribution is 2.28. The van der Waals surface area contributed by atoms with E-state index in [-0.39, 0.29) is 0 Å². The molecule has 0 atom stereocenters. The molecule has 4 rings (SSSR count). The number of aromatic nitrogens is 3. The van der Waals surface area contributed by atoms with Crippen LogP contribution in [0.1, 0.15) is 11.1 Å². The summed E-state index contributed by atoms with van der Waals surface area (Å²) in [5, 5.41) is 12.1. The second-order valence-corrected chi connectivity index (χ2v) is 7.43. The number of hydrogen-bond donors (Lipinski definition) is 1. The van der Waals surface area contributed by atoms with Crippen LogP contribution in [0.25, 0.3) is 11.4 Å². The van der Waals surface area contributed by atoms with Crippen molar-refractivity contribution in [2.45, 2.75) is 6.61 Å². The number of aromatic amines is 1. The normalized spacial score (nSPS) is 11.0. The molecule has 0 fully saturated rings. The average molecular weight is 451 g/mol. The summed E-state index contributed by atoms with van der Waals surface area (Å²) in [6.07, 6.45) is 1.68. The van der Waals surface area contributed by atoms with Gasteiger partial charge in [-0.15, -0.1) is 0 Å². The standard InChI is InChI=1S/C23H19ClN4O2S/c1-29-21-12-17(10-11-20(21)30-15-16-6-3-2-4-7-16)14-25-28-22(26-27-23(28)31)18-8-5-9-19(24)13-18/h2-14H,15H2,1H3,(H,27,31)/b25-14-. The fraction of sp³-hybridized carbons (Fsp3) is 0.0870. The molecule has 3 aromatic carbocycles. The van der Waals surface area contributed by atoms with Crippen LogP contribution in [-0.2, 0) is 6.61 Å². The Morgan fingerprint density at radius 2 is 1.90 bits per heavy atom. The molecule has 8 heteroatoms. The van der Waals surface area contributed by atoms with Gasteiger partial charge in [-0.05, 0) is 53.7 Å². The maximum atomic E-state index is 6.10. The van der Waals surface area contributed by atoms with E-state index in [1.54, 1.807) is 30.1 Å². The van der Waals surface area contributed by atoms with Gasteiger partial charge < -0.3 is 9.47 Å². The molecule has 0 aliphatic heterocycles. The molecular formula is C23H19ClN4O2S. The van der Waals surface area contributed by atoms with E-state index >= 15 is 0 Å². The number of H-pyrrole nitrogens is 1. The topological polar surface area (TPSA) is 64.4 Å². The number of benzene rings is 3. The summed E-state index contributed by atoms with van der Waals surface area (Å²) < 4.78 is 13.3. The summed E-state index contributed by atoms with van der Waals surface area (Å²) >= 11 is 11.4. The van der Waals surface area contributed by atoms with Crippen LogP contribution < -0.4 is 9.47 Å². The summed E-state index contributed by atoms with van der Waals surface area (Å²) in [6, 6.07) is 22.9. The van der Waals surface area contributed by atoms with E-state index in [0.717, 1.165) is 16.7 Å². The Morgan fingerprint density at radius 3 is 2.68 bits per heavy atom. The van der Waals surface area contributed by atoms with Crippen molar-refractivity contribution in [3.05, 3.63) is 93.7 Å². The number of nitrogens with zero attached hydrogens (tertiary/aromatic N) is 3. The Labute approximate surface area is 189 Å². The molecule has 1 N–H and O–H groups in total. The zero-order valence-electron chi connectivity index (χ0n) is 16.7. The predicted octanol–water partition coefficient (Wildman–Crippen LogP) is 5.73. The number of hydrogen-bond acceptors (Lipinski definition) is 5. The quantitative estimate of drug-likeness (QED) is 0.288. The van der Waals surface area contributed by atoms with Gasteiger partial charge in [-0.3, -0.25) is 0 Å². The van der Waals surface area contributed by atoms with Gasteiger partial charge in [0.2, 0.25) is 4.77 Å². The van der Waals surface area contributed by atoms with Gasteiger partial charge in [0.05, 0.1) is 13.3 Å². The third kappa shape index (κ3) is 5.02. The lowest BCUT2D eigenvalue weighted by molar-refractivity contribution is 0.284. The van der Waals surface area contributed by atoms with Crippen LogP contribution >= 0.6 is 23.8 Å². The number of halogens is 1. The van der Waals surface area contributed by atoms with Crippen LogP contribution in [0.4, 0.5) is 0 Å². The van der Waals surface area contributed by atoms with Gasteiger partial charge in [0, 0.05) is 10.6 Å². The molecule has 0 amide bonds. The molecule has 0 saturated heterocycles. The first-order valence-corrected chi connectivity index (χ1v) is 10.2. The molecular weight excluding hydrogens is 432 g/mol. The Hall–Kier alpha value is -3.42. The minimum atomic E-state index is 0.376. The molecule has 0 bridgehead atoms. The molecule has 31 heavy (non-hydrogen) atoms. The molecule has 156 valence electrons. The minimum Gasteiger partial charge on any atom is -0.493 e. The van der Waals surface area contributed by atoms with Gasteiger partial charge in [0.1, 0.15) is 6.61 Å². The van der Waals surface area contributed by atoms with Gasteiger partial charge in [0.15, 0.2) is 17.3 Å². The van der Waals surface area contributed by atoms with Crippen LogP contribution in [0.15, 0.2) is 77.9 Å². The summed E-state index contributed by atoms with van der Waals surface area (Å²) in [5.41, 5.74) is 2.71. The lowest BCUT2D eigenvalue weighted by Crippen LogP contribution is -1.99. The van der Waals surface area contributed by atoms with Crippen LogP contribution in [0.3, 0.4) is 0 Å². The summed E-state index contributed by atoms with van der Waals surface area (Å²) in [6.45, 7) is 0.456. The minimum absolute atomic E-state index is 0.376. The Kier molecular flexibility index (Phi) is 6.45. The monoisotopic (exact) mass is 450 g/mol. The number of rotatable bonds is 7. The highest BCUT2D eigenvalue weighted by atomic mass is 35.5. The Morgan fingerprint density at radius 1 is 1.06 bits per heavy atom.